The molecule has 1 unspecified atom stereocenters. The van der Waals surface area contributed by atoms with E-state index >= 15 is 0 Å². The van der Waals surface area contributed by atoms with Crippen molar-refractivity contribution < 1.29 is 24.6 Å². The van der Waals surface area contributed by atoms with Gasteiger partial charge in [-0.2, -0.15) is 8.75 Å². The Morgan fingerprint density at radius 3 is 2.54 bits per heavy atom. The Balaban J connectivity index is 2.36. The quantitative estimate of drug-likeness (QED) is 0.707. The monoisotopic (exact) mass is 345 g/mol. The van der Waals surface area contributed by atoms with Crippen molar-refractivity contribution in [2.24, 2.45) is 0 Å². The lowest BCUT2D eigenvalue weighted by Gasteiger charge is -2.28. The van der Waals surface area contributed by atoms with E-state index in [-0.39, 0.29) is 22.5 Å². The highest BCUT2D eigenvalue weighted by Crippen LogP contribution is 2.40. The number of allylic oxidation sites excluding steroid dienone is 2. The molecule has 3 rings (SSSR count). The number of carbonyl (C=O) groups is 3. The number of rotatable bonds is 4. The van der Waals surface area contributed by atoms with Crippen LogP contribution in [0.4, 0.5) is 0 Å². The van der Waals surface area contributed by atoms with Crippen molar-refractivity contribution in [2.45, 2.75) is 12.8 Å². The standard InChI is InChI=1S/C15H11N3O5S/c1-6-10(14(20)21)11(12(15(22)23)9(5-19)16-6)7-3-2-4-8-13(7)18-24-17-8/h2-5,11,16H,1H3,(H,20,21)(H,22,23). The molecule has 24 heavy (non-hydrogen) atoms. The maximum absolute atomic E-state index is 11.8. The van der Waals surface area contributed by atoms with Crippen molar-refractivity contribution in [1.82, 2.24) is 14.1 Å². The molecule has 0 radical (unpaired) electrons. The molecule has 2 heterocycles. The third kappa shape index (κ3) is 2.35. The summed E-state index contributed by atoms with van der Waals surface area (Å²) in [5.41, 5.74) is 0.916. The van der Waals surface area contributed by atoms with E-state index < -0.39 is 17.9 Å². The van der Waals surface area contributed by atoms with Gasteiger partial charge in [0.2, 0.25) is 0 Å². The summed E-state index contributed by atoms with van der Waals surface area (Å²) in [6.45, 7) is 1.48. The number of aldehydes is 1. The minimum atomic E-state index is -1.37. The minimum absolute atomic E-state index is 0.140. The molecule has 1 aliphatic rings. The number of hydrogen-bond donors (Lipinski definition) is 3. The lowest BCUT2D eigenvalue weighted by atomic mass is 9.80. The van der Waals surface area contributed by atoms with Crippen LogP contribution < -0.4 is 5.32 Å². The Bertz CT molecular complexity index is 943. The number of benzene rings is 1. The first-order chi connectivity index (χ1) is 11.5. The summed E-state index contributed by atoms with van der Waals surface area (Å²) < 4.78 is 8.24. The van der Waals surface area contributed by atoms with Crippen molar-refractivity contribution in [3.8, 4) is 0 Å². The number of nitrogens with zero attached hydrogens (tertiary/aromatic N) is 2. The van der Waals surface area contributed by atoms with Gasteiger partial charge in [-0.05, 0) is 18.6 Å². The van der Waals surface area contributed by atoms with Crippen LogP contribution in [0.2, 0.25) is 0 Å². The van der Waals surface area contributed by atoms with Crippen molar-refractivity contribution in [3.05, 3.63) is 46.3 Å². The number of aliphatic carboxylic acids is 2. The van der Waals surface area contributed by atoms with Gasteiger partial charge in [0.25, 0.3) is 0 Å². The van der Waals surface area contributed by atoms with Gasteiger partial charge in [-0.3, -0.25) is 4.79 Å². The molecule has 1 aromatic heterocycles. The summed E-state index contributed by atoms with van der Waals surface area (Å²) in [5.74, 6) is -3.77. The lowest BCUT2D eigenvalue weighted by molar-refractivity contribution is -0.133. The maximum Gasteiger partial charge on any atom is 0.334 e. The molecule has 1 aliphatic heterocycles. The van der Waals surface area contributed by atoms with Crippen LogP contribution in [0.5, 0.6) is 0 Å². The van der Waals surface area contributed by atoms with E-state index in [1.165, 1.54) is 6.92 Å². The first-order valence-electron chi connectivity index (χ1n) is 6.80. The zero-order valence-electron chi connectivity index (χ0n) is 12.3. The van der Waals surface area contributed by atoms with E-state index in [2.05, 4.69) is 14.1 Å². The molecule has 0 saturated carbocycles. The molecule has 0 fully saturated rings. The van der Waals surface area contributed by atoms with Gasteiger partial charge >= 0.3 is 11.9 Å². The van der Waals surface area contributed by atoms with Crippen molar-refractivity contribution >= 4 is 41.0 Å². The summed E-state index contributed by atoms with van der Waals surface area (Å²) in [6.07, 6.45) is 0.373. The van der Waals surface area contributed by atoms with Crippen LogP contribution in [-0.4, -0.2) is 37.2 Å². The fourth-order valence-corrected chi connectivity index (χ4v) is 3.40. The fourth-order valence-electron chi connectivity index (χ4n) is 2.84. The molecule has 122 valence electrons. The van der Waals surface area contributed by atoms with Gasteiger partial charge in [-0.25, -0.2) is 9.59 Å². The van der Waals surface area contributed by atoms with Gasteiger partial charge in [0.05, 0.1) is 34.5 Å². The Hall–Kier alpha value is -3.07. The predicted molar refractivity (Wildman–Crippen MR) is 84.4 cm³/mol. The molecule has 0 spiro atoms. The largest absolute Gasteiger partial charge is 0.478 e. The Morgan fingerprint density at radius 2 is 1.92 bits per heavy atom. The van der Waals surface area contributed by atoms with Crippen molar-refractivity contribution in [3.63, 3.8) is 0 Å². The molecular weight excluding hydrogens is 334 g/mol. The van der Waals surface area contributed by atoms with Crippen LogP contribution >= 0.6 is 11.7 Å². The van der Waals surface area contributed by atoms with Gasteiger partial charge in [0, 0.05) is 5.70 Å². The molecule has 0 aliphatic carbocycles. The summed E-state index contributed by atoms with van der Waals surface area (Å²) in [5, 5.41) is 21.7. The molecule has 2 aromatic rings. The van der Waals surface area contributed by atoms with E-state index in [4.69, 9.17) is 0 Å². The minimum Gasteiger partial charge on any atom is -0.478 e. The normalized spacial score (nSPS) is 17.8. The van der Waals surface area contributed by atoms with Crippen LogP contribution in [0.1, 0.15) is 18.4 Å². The van der Waals surface area contributed by atoms with E-state index in [0.717, 1.165) is 11.7 Å². The fraction of sp³-hybridized carbons (Fsp3) is 0.133. The number of carbonyl (C=O) groups excluding carboxylic acids is 1. The highest BCUT2D eigenvalue weighted by atomic mass is 32.1. The highest BCUT2D eigenvalue weighted by molar-refractivity contribution is 7.00. The molecule has 1 aromatic carbocycles. The lowest BCUT2D eigenvalue weighted by Crippen LogP contribution is -2.32. The second-order valence-electron chi connectivity index (χ2n) is 5.13. The average Bonchev–Trinajstić information content (AvgIpc) is 3.01. The van der Waals surface area contributed by atoms with Gasteiger partial charge in [0.1, 0.15) is 11.0 Å². The highest BCUT2D eigenvalue weighted by Gasteiger charge is 2.38. The Labute approximate surface area is 139 Å². The third-order valence-corrected chi connectivity index (χ3v) is 4.34. The van der Waals surface area contributed by atoms with Gasteiger partial charge in [0.15, 0.2) is 6.29 Å². The molecule has 0 saturated heterocycles. The summed E-state index contributed by atoms with van der Waals surface area (Å²) in [7, 11) is 0. The SMILES string of the molecule is CC1=C(C(=O)O)C(c2cccc3nsnc23)C(C(=O)O)=C(C=O)N1. The van der Waals surface area contributed by atoms with Crippen LogP contribution in [0.3, 0.4) is 0 Å². The Kier molecular flexibility index (Phi) is 3.86. The first-order valence-corrected chi connectivity index (χ1v) is 7.53. The van der Waals surface area contributed by atoms with E-state index in [1.54, 1.807) is 18.2 Å². The average molecular weight is 345 g/mol. The molecular formula is C15H11N3O5S. The summed E-state index contributed by atoms with van der Waals surface area (Å²) in [6, 6.07) is 4.95. The summed E-state index contributed by atoms with van der Waals surface area (Å²) >= 11 is 0.945. The topological polar surface area (TPSA) is 129 Å². The molecule has 9 heteroatoms. The van der Waals surface area contributed by atoms with E-state index in [1.807, 2.05) is 0 Å². The van der Waals surface area contributed by atoms with Gasteiger partial charge < -0.3 is 15.5 Å². The second kappa shape index (κ2) is 5.85. The number of nitrogens with one attached hydrogen (secondary N) is 1. The number of carboxylic acid groups (broad SMARTS) is 2. The smallest absolute Gasteiger partial charge is 0.334 e. The Morgan fingerprint density at radius 1 is 1.21 bits per heavy atom. The predicted octanol–water partition coefficient (Wildman–Crippen LogP) is 1.27. The third-order valence-electron chi connectivity index (χ3n) is 3.80. The molecule has 8 nitrogen and oxygen atoms in total. The van der Waals surface area contributed by atoms with Crippen LogP contribution in [0, 0.1) is 0 Å². The zero-order valence-corrected chi connectivity index (χ0v) is 13.1. The molecule has 1 atom stereocenters. The van der Waals surface area contributed by atoms with Crippen LogP contribution in [-0.2, 0) is 14.4 Å². The summed E-state index contributed by atoms with van der Waals surface area (Å²) in [4.78, 5) is 34.8. The number of aromatic nitrogens is 2. The second-order valence-corrected chi connectivity index (χ2v) is 5.66. The van der Waals surface area contributed by atoms with Gasteiger partial charge in [-0.1, -0.05) is 12.1 Å². The number of hydrogen-bond acceptors (Lipinski definition) is 7. The van der Waals surface area contributed by atoms with Crippen LogP contribution in [0.15, 0.2) is 40.7 Å². The maximum atomic E-state index is 11.8. The van der Waals surface area contributed by atoms with Crippen molar-refractivity contribution in [1.29, 1.82) is 0 Å². The van der Waals surface area contributed by atoms with Crippen molar-refractivity contribution in [2.75, 3.05) is 0 Å². The van der Waals surface area contributed by atoms with E-state index in [0.29, 0.717) is 22.9 Å². The first kappa shape index (κ1) is 15.8. The molecule has 0 bridgehead atoms. The molecule has 0 amide bonds. The number of dihydropyridines is 1. The zero-order chi connectivity index (χ0) is 17.4. The number of fused-ring (bicyclic) bond motifs is 1. The van der Waals surface area contributed by atoms with Gasteiger partial charge in [-0.15, -0.1) is 0 Å². The number of carboxylic acids is 2. The van der Waals surface area contributed by atoms with E-state index in [9.17, 15) is 24.6 Å². The molecule has 3 N–H and O–H groups in total. The van der Waals surface area contributed by atoms with Crippen LogP contribution in [0.25, 0.3) is 11.0 Å².